The lowest BCUT2D eigenvalue weighted by Crippen LogP contribution is -1.98. The average molecular weight is 589 g/mol. The van der Waals surface area contributed by atoms with Gasteiger partial charge in [0, 0.05) is 38.4 Å². The fourth-order valence-electron chi connectivity index (χ4n) is 6.99. The van der Waals surface area contributed by atoms with Gasteiger partial charge < -0.3 is 4.57 Å². The number of hydrogen-bond donors (Lipinski definition) is 0. The summed E-state index contributed by atoms with van der Waals surface area (Å²) in [6, 6.07) is 48.8. The highest BCUT2D eigenvalue weighted by atomic mass is 15.0. The Kier molecular flexibility index (Phi) is 5.19. The first-order valence-corrected chi connectivity index (χ1v) is 15.3. The largest absolute Gasteiger partial charge is 0.309 e. The van der Waals surface area contributed by atoms with E-state index in [1.54, 1.807) is 6.33 Å². The second-order valence-corrected chi connectivity index (χ2v) is 11.6. The number of rotatable bonds is 3. The van der Waals surface area contributed by atoms with Crippen LogP contribution in [0.1, 0.15) is 0 Å². The van der Waals surface area contributed by atoms with Crippen LogP contribution in [0.5, 0.6) is 0 Å². The van der Waals surface area contributed by atoms with Gasteiger partial charge in [-0.3, -0.25) is 4.40 Å². The van der Waals surface area contributed by atoms with Crippen LogP contribution in [0.4, 0.5) is 0 Å². The quantitative estimate of drug-likeness (QED) is 0.193. The van der Waals surface area contributed by atoms with Crippen molar-refractivity contribution in [2.24, 2.45) is 0 Å². The molecule has 0 aliphatic rings. The highest BCUT2D eigenvalue weighted by Gasteiger charge is 2.19. The van der Waals surface area contributed by atoms with Gasteiger partial charge in [-0.25, -0.2) is 19.9 Å². The second-order valence-electron chi connectivity index (χ2n) is 11.6. The first-order chi connectivity index (χ1) is 22.8. The van der Waals surface area contributed by atoms with Crippen LogP contribution < -0.4 is 0 Å². The van der Waals surface area contributed by atoms with Gasteiger partial charge in [-0.2, -0.15) is 0 Å². The number of hydrogen-bond acceptors (Lipinski definition) is 4. The van der Waals surface area contributed by atoms with Gasteiger partial charge in [0.2, 0.25) is 0 Å². The zero-order valence-corrected chi connectivity index (χ0v) is 24.5. The van der Waals surface area contributed by atoms with Crippen LogP contribution in [-0.2, 0) is 0 Å². The molecule has 214 valence electrons. The van der Waals surface area contributed by atoms with Crippen LogP contribution in [0.3, 0.4) is 0 Å². The summed E-state index contributed by atoms with van der Waals surface area (Å²) in [7, 11) is 0. The predicted molar refractivity (Wildman–Crippen MR) is 186 cm³/mol. The lowest BCUT2D eigenvalue weighted by molar-refractivity contribution is 1.06. The molecule has 0 radical (unpaired) electrons. The number of fused-ring (bicyclic) bond motifs is 11. The van der Waals surface area contributed by atoms with Gasteiger partial charge in [0.25, 0.3) is 0 Å². The summed E-state index contributed by atoms with van der Waals surface area (Å²) in [6.45, 7) is 0. The molecular formula is C40H24N6. The van der Waals surface area contributed by atoms with Gasteiger partial charge in [-0.15, -0.1) is 0 Å². The summed E-state index contributed by atoms with van der Waals surface area (Å²) in [5.74, 6) is 1.29. The molecule has 0 saturated heterocycles. The number of nitrogens with zero attached hydrogens (tertiary/aromatic N) is 6. The van der Waals surface area contributed by atoms with E-state index in [2.05, 4.69) is 128 Å². The molecule has 0 saturated carbocycles. The third-order valence-electron chi connectivity index (χ3n) is 9.02. The molecule has 46 heavy (non-hydrogen) atoms. The SMILES string of the molecule is c1ccc(-c2ncnc(-c3cccc(-n4c5ccccc5c5cc6c7ccccc7c7nc8ccccc8n7c6cc54)c3)n2)cc1. The number of para-hydroxylation sites is 3. The van der Waals surface area contributed by atoms with Crippen molar-refractivity contribution < 1.29 is 0 Å². The van der Waals surface area contributed by atoms with E-state index < -0.39 is 0 Å². The Morgan fingerprint density at radius 1 is 0.413 bits per heavy atom. The van der Waals surface area contributed by atoms with Crippen molar-refractivity contribution >= 4 is 60.2 Å². The van der Waals surface area contributed by atoms with Crippen molar-refractivity contribution in [3.05, 3.63) is 146 Å². The fourth-order valence-corrected chi connectivity index (χ4v) is 6.99. The lowest BCUT2D eigenvalue weighted by Gasteiger charge is -2.12. The van der Waals surface area contributed by atoms with Gasteiger partial charge in [0.15, 0.2) is 11.6 Å². The maximum absolute atomic E-state index is 5.11. The summed E-state index contributed by atoms with van der Waals surface area (Å²) >= 11 is 0. The smallest absolute Gasteiger partial charge is 0.163 e. The molecule has 0 amide bonds. The maximum atomic E-state index is 5.11. The van der Waals surface area contributed by atoms with E-state index in [-0.39, 0.29) is 0 Å². The normalized spacial score (nSPS) is 11.9. The minimum absolute atomic E-state index is 0.639. The molecule has 0 spiro atoms. The summed E-state index contributed by atoms with van der Waals surface area (Å²) in [4.78, 5) is 19.0. The third kappa shape index (κ3) is 3.58. The number of benzene rings is 6. The highest BCUT2D eigenvalue weighted by Crippen LogP contribution is 2.39. The summed E-state index contributed by atoms with van der Waals surface area (Å²) < 4.78 is 4.67. The topological polar surface area (TPSA) is 60.9 Å². The van der Waals surface area contributed by atoms with Crippen LogP contribution in [-0.4, -0.2) is 28.9 Å². The van der Waals surface area contributed by atoms with E-state index in [1.807, 2.05) is 30.3 Å². The van der Waals surface area contributed by atoms with Gasteiger partial charge in [-0.1, -0.05) is 97.1 Å². The minimum atomic E-state index is 0.639. The van der Waals surface area contributed by atoms with E-state index >= 15 is 0 Å². The maximum Gasteiger partial charge on any atom is 0.163 e. The number of imidazole rings is 1. The molecule has 0 N–H and O–H groups in total. The van der Waals surface area contributed by atoms with Crippen LogP contribution in [0.15, 0.2) is 146 Å². The lowest BCUT2D eigenvalue weighted by atomic mass is 10.0. The first-order valence-electron chi connectivity index (χ1n) is 15.3. The Morgan fingerprint density at radius 2 is 1.09 bits per heavy atom. The zero-order valence-electron chi connectivity index (χ0n) is 24.5. The molecule has 0 fully saturated rings. The molecule has 0 aliphatic carbocycles. The third-order valence-corrected chi connectivity index (χ3v) is 9.02. The van der Waals surface area contributed by atoms with E-state index in [0.717, 1.165) is 55.4 Å². The molecule has 0 atom stereocenters. The van der Waals surface area contributed by atoms with E-state index in [4.69, 9.17) is 9.97 Å². The minimum Gasteiger partial charge on any atom is -0.309 e. The van der Waals surface area contributed by atoms with Gasteiger partial charge in [0.05, 0.1) is 27.6 Å². The molecule has 0 bridgehead atoms. The first kappa shape index (κ1) is 25.0. The van der Waals surface area contributed by atoms with E-state index in [9.17, 15) is 0 Å². The zero-order chi connectivity index (χ0) is 30.2. The van der Waals surface area contributed by atoms with Crippen LogP contribution in [0.25, 0.3) is 88.6 Å². The van der Waals surface area contributed by atoms with Crippen LogP contribution in [0, 0.1) is 0 Å². The summed E-state index contributed by atoms with van der Waals surface area (Å²) in [5, 5.41) is 5.96. The van der Waals surface area contributed by atoms with Crippen LogP contribution >= 0.6 is 0 Å². The molecule has 10 rings (SSSR count). The molecule has 10 aromatic rings. The van der Waals surface area contributed by atoms with Gasteiger partial charge in [-0.05, 0) is 47.9 Å². The van der Waals surface area contributed by atoms with Gasteiger partial charge in [0.1, 0.15) is 12.0 Å². The molecule has 0 unspecified atom stereocenters. The monoisotopic (exact) mass is 588 g/mol. The number of aromatic nitrogens is 6. The standard InChI is InChI=1S/C40H24N6/c1-2-11-25(12-3-1)38-41-24-42-39(44-38)26-13-10-14-27(21-26)45-34-19-8-6-16-29(34)32-22-31-28-15-4-5-17-30(28)40-43-33-18-7-9-20-35(33)46(40)37(31)23-36(32)45/h1-24H. The van der Waals surface area contributed by atoms with Crippen molar-refractivity contribution in [2.45, 2.75) is 0 Å². The second kappa shape index (κ2) is 9.55. The highest BCUT2D eigenvalue weighted by molar-refractivity contribution is 6.20. The Bertz CT molecular complexity index is 2810. The Balaban J connectivity index is 1.27. The molecule has 6 nitrogen and oxygen atoms in total. The van der Waals surface area contributed by atoms with Crippen molar-refractivity contribution in [3.8, 4) is 28.5 Å². The van der Waals surface area contributed by atoms with Crippen molar-refractivity contribution in [1.29, 1.82) is 0 Å². The van der Waals surface area contributed by atoms with E-state index in [1.165, 1.54) is 21.5 Å². The number of pyridine rings is 1. The molecule has 6 heteroatoms. The molecule has 6 aromatic carbocycles. The van der Waals surface area contributed by atoms with Crippen molar-refractivity contribution in [1.82, 2.24) is 28.9 Å². The van der Waals surface area contributed by atoms with Crippen molar-refractivity contribution in [3.63, 3.8) is 0 Å². The summed E-state index contributed by atoms with van der Waals surface area (Å²) in [5.41, 5.74) is 9.37. The average Bonchev–Trinajstić information content (AvgIpc) is 3.68. The molecular weight excluding hydrogens is 564 g/mol. The Hall–Kier alpha value is -6.40. The fraction of sp³-hybridized carbons (Fsp3) is 0. The van der Waals surface area contributed by atoms with E-state index in [0.29, 0.717) is 11.6 Å². The van der Waals surface area contributed by atoms with Crippen LogP contribution in [0.2, 0.25) is 0 Å². The molecule has 0 aliphatic heterocycles. The molecule has 4 heterocycles. The Labute approximate surface area is 262 Å². The van der Waals surface area contributed by atoms with Crippen molar-refractivity contribution in [2.75, 3.05) is 0 Å². The predicted octanol–water partition coefficient (Wildman–Crippen LogP) is 9.41. The summed E-state index contributed by atoms with van der Waals surface area (Å²) in [6.07, 6.45) is 1.59. The Morgan fingerprint density at radius 3 is 1.96 bits per heavy atom. The molecule has 4 aromatic heterocycles. The van der Waals surface area contributed by atoms with Gasteiger partial charge >= 0.3 is 0 Å².